The number of nitrogens with one attached hydrogen (secondary N) is 1. The molecule has 0 saturated heterocycles. The van der Waals surface area contributed by atoms with Crippen LogP contribution in [-0.2, 0) is 11.8 Å². The molecular formula is C16H11N5O3S. The second-order valence-electron chi connectivity index (χ2n) is 5.40. The van der Waals surface area contributed by atoms with Crippen molar-refractivity contribution in [3.05, 3.63) is 62.9 Å². The van der Waals surface area contributed by atoms with E-state index in [4.69, 9.17) is 0 Å². The third-order valence-corrected chi connectivity index (χ3v) is 4.99. The maximum atomic E-state index is 12.1. The molecule has 124 valence electrons. The number of hydrogen-bond donors (Lipinski definition) is 1. The highest BCUT2D eigenvalue weighted by Gasteiger charge is 2.28. The molecule has 3 aromatic rings. The summed E-state index contributed by atoms with van der Waals surface area (Å²) in [6.07, 6.45) is 0. The molecule has 0 unspecified atom stereocenters. The summed E-state index contributed by atoms with van der Waals surface area (Å²) in [5, 5.41) is 21.8. The molecule has 4 rings (SSSR count). The van der Waals surface area contributed by atoms with Gasteiger partial charge in [0, 0.05) is 24.7 Å². The van der Waals surface area contributed by atoms with Crippen LogP contribution in [0, 0.1) is 10.1 Å². The molecule has 0 radical (unpaired) electrons. The van der Waals surface area contributed by atoms with E-state index in [9.17, 15) is 14.9 Å². The van der Waals surface area contributed by atoms with Crippen LogP contribution in [0.5, 0.6) is 0 Å². The molecule has 9 heteroatoms. The van der Waals surface area contributed by atoms with Gasteiger partial charge < -0.3 is 9.88 Å². The van der Waals surface area contributed by atoms with Crippen LogP contribution in [-0.4, -0.2) is 21.1 Å². The fraction of sp³-hybridized carbons (Fsp3) is 0.0625. The first-order valence-corrected chi connectivity index (χ1v) is 8.12. The van der Waals surface area contributed by atoms with Gasteiger partial charge in [0.1, 0.15) is 0 Å². The molecule has 0 saturated carbocycles. The van der Waals surface area contributed by atoms with Crippen molar-refractivity contribution in [1.29, 1.82) is 0 Å². The number of benzene rings is 2. The summed E-state index contributed by atoms with van der Waals surface area (Å²) >= 11 is 1.45. The van der Waals surface area contributed by atoms with Crippen LogP contribution in [0.1, 0.15) is 5.56 Å². The van der Waals surface area contributed by atoms with Gasteiger partial charge in [0.05, 0.1) is 20.8 Å². The normalized spacial score (nSPS) is 15.6. The van der Waals surface area contributed by atoms with E-state index in [-0.39, 0.29) is 11.4 Å². The number of nitro groups is 1. The van der Waals surface area contributed by atoms with Gasteiger partial charge in [0.15, 0.2) is 5.71 Å². The number of carbonyl (C=O) groups is 1. The van der Waals surface area contributed by atoms with Gasteiger partial charge >= 0.3 is 0 Å². The van der Waals surface area contributed by atoms with E-state index in [1.165, 1.54) is 29.5 Å². The minimum Gasteiger partial charge on any atom is -0.320 e. The second-order valence-corrected chi connectivity index (χ2v) is 6.41. The van der Waals surface area contributed by atoms with Crippen molar-refractivity contribution in [3.8, 4) is 0 Å². The lowest BCUT2D eigenvalue weighted by Crippen LogP contribution is -2.15. The number of hydrogen-bond acceptors (Lipinski definition) is 6. The quantitative estimate of drug-likeness (QED) is 0.565. The van der Waals surface area contributed by atoms with Gasteiger partial charge in [-0.1, -0.05) is 23.5 Å². The Kier molecular flexibility index (Phi) is 3.43. The van der Waals surface area contributed by atoms with Crippen molar-refractivity contribution < 1.29 is 9.72 Å². The molecule has 25 heavy (non-hydrogen) atoms. The summed E-state index contributed by atoms with van der Waals surface area (Å²) in [5.74, 6) is -0.428. The lowest BCUT2D eigenvalue weighted by molar-refractivity contribution is -0.384. The van der Waals surface area contributed by atoms with Crippen LogP contribution in [0.4, 0.5) is 11.4 Å². The number of aryl methyl sites for hydroxylation is 1. The largest absolute Gasteiger partial charge is 0.320 e. The first kappa shape index (κ1) is 15.2. The Morgan fingerprint density at radius 1 is 1.20 bits per heavy atom. The van der Waals surface area contributed by atoms with Gasteiger partial charge in [-0.15, -0.1) is 10.2 Å². The predicted octanol–water partition coefficient (Wildman–Crippen LogP) is 2.41. The molecule has 2 heterocycles. The molecule has 0 atom stereocenters. The number of aromatic nitrogens is 1. The van der Waals surface area contributed by atoms with E-state index in [2.05, 4.69) is 15.5 Å². The van der Waals surface area contributed by atoms with Crippen molar-refractivity contribution in [1.82, 2.24) is 4.57 Å². The number of anilines is 1. The van der Waals surface area contributed by atoms with E-state index in [0.29, 0.717) is 16.1 Å². The van der Waals surface area contributed by atoms with E-state index in [1.807, 2.05) is 35.9 Å². The minimum absolute atomic E-state index is 0.0659. The molecular weight excluding hydrogens is 342 g/mol. The van der Waals surface area contributed by atoms with Crippen LogP contribution in [0.3, 0.4) is 0 Å². The lowest BCUT2D eigenvalue weighted by atomic mass is 10.1. The summed E-state index contributed by atoms with van der Waals surface area (Å²) in [7, 11) is 1.87. The lowest BCUT2D eigenvalue weighted by Gasteiger charge is -1.96. The Hall–Kier alpha value is -3.33. The molecule has 8 nitrogen and oxygen atoms in total. The Labute approximate surface area is 144 Å². The Morgan fingerprint density at radius 3 is 2.76 bits per heavy atom. The number of para-hydroxylation sites is 1. The van der Waals surface area contributed by atoms with E-state index < -0.39 is 10.8 Å². The second kappa shape index (κ2) is 5.64. The number of nitro benzene ring substituents is 1. The molecule has 2 aromatic carbocycles. The number of thiazole rings is 1. The van der Waals surface area contributed by atoms with Gasteiger partial charge in [-0.25, -0.2) is 0 Å². The third-order valence-electron chi connectivity index (χ3n) is 3.88. The van der Waals surface area contributed by atoms with E-state index in [0.717, 1.165) is 10.2 Å². The van der Waals surface area contributed by atoms with Crippen molar-refractivity contribution in [3.63, 3.8) is 0 Å². The average Bonchev–Trinajstić information content (AvgIpc) is 3.09. The van der Waals surface area contributed by atoms with Crippen LogP contribution < -0.4 is 10.1 Å². The molecule has 1 N–H and O–H groups in total. The van der Waals surface area contributed by atoms with Crippen molar-refractivity contribution in [2.24, 2.45) is 17.3 Å². The zero-order chi connectivity index (χ0) is 17.6. The number of non-ortho nitro benzene ring substituents is 1. The Morgan fingerprint density at radius 2 is 2.00 bits per heavy atom. The number of rotatable bonds is 2. The number of amides is 1. The van der Waals surface area contributed by atoms with Gasteiger partial charge in [0.2, 0.25) is 4.80 Å². The predicted molar refractivity (Wildman–Crippen MR) is 94.6 cm³/mol. The van der Waals surface area contributed by atoms with Crippen LogP contribution in [0.2, 0.25) is 0 Å². The van der Waals surface area contributed by atoms with Crippen LogP contribution >= 0.6 is 11.3 Å². The highest BCUT2D eigenvalue weighted by atomic mass is 32.1. The van der Waals surface area contributed by atoms with Crippen molar-refractivity contribution in [2.45, 2.75) is 0 Å². The number of fused-ring (bicyclic) bond motifs is 2. The summed E-state index contributed by atoms with van der Waals surface area (Å²) in [6.45, 7) is 0. The zero-order valence-corrected chi connectivity index (χ0v) is 13.8. The molecule has 0 bridgehead atoms. The molecule has 0 aliphatic carbocycles. The third kappa shape index (κ3) is 2.50. The first-order chi connectivity index (χ1) is 12.0. The highest BCUT2D eigenvalue weighted by molar-refractivity contribution is 7.16. The van der Waals surface area contributed by atoms with Crippen molar-refractivity contribution >= 4 is 44.5 Å². The SMILES string of the molecule is Cn1/c(=N\N=C2\C(=O)Nc3ccc([N+](=O)[O-])cc32)sc2ccccc21. The number of nitrogens with zero attached hydrogens (tertiary/aromatic N) is 4. The molecule has 1 aliphatic rings. The highest BCUT2D eigenvalue weighted by Crippen LogP contribution is 2.27. The molecule has 1 aliphatic heterocycles. The van der Waals surface area contributed by atoms with E-state index in [1.54, 1.807) is 0 Å². The summed E-state index contributed by atoms with van der Waals surface area (Å²) in [6, 6.07) is 12.0. The molecule has 1 amide bonds. The first-order valence-electron chi connectivity index (χ1n) is 7.31. The maximum absolute atomic E-state index is 12.1. The van der Waals surface area contributed by atoms with Gasteiger partial charge in [-0.2, -0.15) is 0 Å². The van der Waals surface area contributed by atoms with E-state index >= 15 is 0 Å². The van der Waals surface area contributed by atoms with Gasteiger partial charge in [-0.05, 0) is 18.2 Å². The minimum atomic E-state index is -0.510. The van der Waals surface area contributed by atoms with Crippen molar-refractivity contribution in [2.75, 3.05) is 5.32 Å². The average molecular weight is 353 g/mol. The van der Waals surface area contributed by atoms with Crippen LogP contribution in [0.15, 0.2) is 52.7 Å². The smallest absolute Gasteiger partial charge is 0.276 e. The molecule has 1 aromatic heterocycles. The Balaban J connectivity index is 1.85. The fourth-order valence-electron chi connectivity index (χ4n) is 2.62. The fourth-order valence-corrected chi connectivity index (χ4v) is 3.59. The zero-order valence-electron chi connectivity index (χ0n) is 13.0. The van der Waals surface area contributed by atoms with Gasteiger partial charge in [-0.3, -0.25) is 14.9 Å². The number of carbonyl (C=O) groups excluding carboxylic acids is 1. The summed E-state index contributed by atoms with van der Waals surface area (Å²) in [4.78, 5) is 23.2. The summed E-state index contributed by atoms with van der Waals surface area (Å²) in [5.41, 5.74) is 1.85. The monoisotopic (exact) mass is 353 g/mol. The van der Waals surface area contributed by atoms with Crippen LogP contribution in [0.25, 0.3) is 10.2 Å². The molecule has 0 spiro atoms. The van der Waals surface area contributed by atoms with Gasteiger partial charge in [0.25, 0.3) is 11.6 Å². The Bertz CT molecular complexity index is 1140. The topological polar surface area (TPSA) is 102 Å². The molecule has 0 fully saturated rings. The standard InChI is InChI=1S/C16H11N5O3S/c1-20-12-4-2-3-5-13(12)25-16(20)19-18-14-10-8-9(21(23)24)6-7-11(10)17-15(14)22/h2-8H,1H3,(H,17,18,22)/b19-16+. The summed E-state index contributed by atoms with van der Waals surface area (Å²) < 4.78 is 2.93. The maximum Gasteiger partial charge on any atom is 0.276 e.